The van der Waals surface area contributed by atoms with Crippen molar-refractivity contribution in [1.82, 2.24) is 0 Å². The van der Waals surface area contributed by atoms with Crippen molar-refractivity contribution in [3.63, 3.8) is 0 Å². The molecule has 0 bridgehead atoms. The molecule has 2 rings (SSSR count). The van der Waals surface area contributed by atoms with Crippen LogP contribution in [0.2, 0.25) is 0 Å². The average molecular weight is 407 g/mol. The van der Waals surface area contributed by atoms with Crippen LogP contribution in [0.5, 0.6) is 0 Å². The highest BCUT2D eigenvalue weighted by Crippen LogP contribution is 2.35. The minimum absolute atomic E-state index is 0.165. The number of halogens is 2. The van der Waals surface area contributed by atoms with Gasteiger partial charge in [-0.3, -0.25) is 4.79 Å². The Balaban J connectivity index is 2.63. The minimum Gasteiger partial charge on any atom is -0.461 e. The number of ether oxygens (including phenoxy) is 3. The maximum Gasteiger partial charge on any atom is 0.322 e. The Kier molecular flexibility index (Phi) is 8.25. The summed E-state index contributed by atoms with van der Waals surface area (Å²) in [7, 11) is 3.02. The van der Waals surface area contributed by atoms with Crippen LogP contribution in [0.3, 0.4) is 0 Å². The fourth-order valence-corrected chi connectivity index (χ4v) is 3.35. The Hall–Kier alpha value is -2.35. The van der Waals surface area contributed by atoms with Crippen LogP contribution >= 0.6 is 0 Å². The Morgan fingerprint density at radius 3 is 1.76 bits per heavy atom. The Labute approximate surface area is 169 Å². The minimum atomic E-state index is -0.795. The summed E-state index contributed by atoms with van der Waals surface area (Å²) in [5.74, 6) is -1.88. The monoisotopic (exact) mass is 407 g/mol. The summed E-state index contributed by atoms with van der Waals surface area (Å²) in [6, 6.07) is 7.89. The molecule has 5 nitrogen and oxygen atoms in total. The average Bonchev–Trinajstić information content (AvgIpc) is 2.65. The number of methoxy groups -OCH3 is 2. The van der Waals surface area contributed by atoms with Crippen molar-refractivity contribution in [2.24, 2.45) is 5.73 Å². The molecule has 2 aromatic carbocycles. The molecule has 0 aliphatic carbocycles. The molecule has 0 heterocycles. The van der Waals surface area contributed by atoms with Crippen molar-refractivity contribution >= 4 is 5.97 Å². The number of nitrogens with two attached hydrogens (primary N) is 1. The summed E-state index contributed by atoms with van der Waals surface area (Å²) >= 11 is 0. The van der Waals surface area contributed by atoms with Gasteiger partial charge in [0, 0.05) is 20.1 Å². The molecule has 0 aromatic heterocycles. The van der Waals surface area contributed by atoms with E-state index in [1.807, 2.05) is 0 Å². The van der Waals surface area contributed by atoms with Crippen LogP contribution < -0.4 is 5.73 Å². The van der Waals surface area contributed by atoms with Gasteiger partial charge in [-0.2, -0.15) is 0 Å². The van der Waals surface area contributed by atoms with Gasteiger partial charge in [0.15, 0.2) is 0 Å². The number of hydrogen-bond acceptors (Lipinski definition) is 5. The maximum absolute atomic E-state index is 13.9. The van der Waals surface area contributed by atoms with Gasteiger partial charge in [-0.15, -0.1) is 0 Å². The second kappa shape index (κ2) is 10.4. The third kappa shape index (κ3) is 5.82. The lowest BCUT2D eigenvalue weighted by Gasteiger charge is -2.29. The van der Waals surface area contributed by atoms with E-state index >= 15 is 0 Å². The summed E-state index contributed by atoms with van der Waals surface area (Å²) < 4.78 is 43.8. The molecule has 29 heavy (non-hydrogen) atoms. The smallest absolute Gasteiger partial charge is 0.322 e. The van der Waals surface area contributed by atoms with Crippen molar-refractivity contribution in [3.8, 4) is 0 Å². The van der Waals surface area contributed by atoms with E-state index in [-0.39, 0.29) is 13.2 Å². The third-order valence-electron chi connectivity index (χ3n) is 4.62. The van der Waals surface area contributed by atoms with Crippen molar-refractivity contribution < 1.29 is 27.8 Å². The first-order valence-corrected chi connectivity index (χ1v) is 9.29. The second-order valence-electron chi connectivity index (χ2n) is 6.96. The maximum atomic E-state index is 13.9. The lowest BCUT2D eigenvalue weighted by Crippen LogP contribution is -2.34. The van der Waals surface area contributed by atoms with E-state index in [1.165, 1.54) is 45.4 Å². The number of esters is 1. The molecule has 0 radical (unpaired) electrons. The molecule has 158 valence electrons. The van der Waals surface area contributed by atoms with E-state index in [0.717, 1.165) is 0 Å². The first-order chi connectivity index (χ1) is 13.8. The molecule has 0 saturated carbocycles. The van der Waals surface area contributed by atoms with Gasteiger partial charge in [-0.1, -0.05) is 12.1 Å². The predicted molar refractivity (Wildman–Crippen MR) is 105 cm³/mol. The van der Waals surface area contributed by atoms with Crippen LogP contribution in [0.1, 0.15) is 42.0 Å². The zero-order valence-electron chi connectivity index (χ0n) is 17.1. The first kappa shape index (κ1) is 22.9. The van der Waals surface area contributed by atoms with Crippen LogP contribution in [0.25, 0.3) is 0 Å². The molecule has 2 aromatic rings. The van der Waals surface area contributed by atoms with E-state index in [0.29, 0.717) is 22.3 Å². The number of benzene rings is 2. The van der Waals surface area contributed by atoms with Crippen molar-refractivity contribution in [2.45, 2.75) is 45.1 Å². The van der Waals surface area contributed by atoms with Crippen LogP contribution in [0, 0.1) is 11.6 Å². The largest absolute Gasteiger partial charge is 0.461 e. The number of carbonyl (C=O) groups excluding carboxylic acids is 1. The first-order valence-electron chi connectivity index (χ1n) is 9.29. The third-order valence-corrected chi connectivity index (χ3v) is 4.62. The van der Waals surface area contributed by atoms with Crippen molar-refractivity contribution in [3.05, 3.63) is 70.3 Å². The molecule has 2 N–H and O–H groups in total. The van der Waals surface area contributed by atoms with Gasteiger partial charge in [0.1, 0.15) is 23.8 Å². The van der Waals surface area contributed by atoms with Gasteiger partial charge in [0.2, 0.25) is 0 Å². The second-order valence-corrected chi connectivity index (χ2v) is 6.96. The highest BCUT2D eigenvalue weighted by Gasteiger charge is 2.30. The molecule has 7 heteroatoms. The Bertz CT molecular complexity index is 786. The Morgan fingerprint density at radius 2 is 1.38 bits per heavy atom. The fourth-order valence-electron chi connectivity index (χ4n) is 3.35. The van der Waals surface area contributed by atoms with E-state index in [2.05, 4.69) is 0 Å². The Morgan fingerprint density at radius 1 is 0.931 bits per heavy atom. The lowest BCUT2D eigenvalue weighted by molar-refractivity contribution is -0.150. The molecule has 0 spiro atoms. The van der Waals surface area contributed by atoms with Gasteiger partial charge in [0.25, 0.3) is 0 Å². The summed E-state index contributed by atoms with van der Waals surface area (Å²) in [4.78, 5) is 12.1. The lowest BCUT2D eigenvalue weighted by atomic mass is 9.82. The molecule has 0 unspecified atom stereocenters. The van der Waals surface area contributed by atoms with E-state index in [4.69, 9.17) is 19.9 Å². The molecular weight excluding hydrogens is 380 g/mol. The zero-order chi connectivity index (χ0) is 21.6. The fraction of sp³-hybridized carbons (Fsp3) is 0.409. The molecule has 0 amide bonds. The van der Waals surface area contributed by atoms with Crippen molar-refractivity contribution in [1.29, 1.82) is 0 Å². The summed E-state index contributed by atoms with van der Waals surface area (Å²) in [5.41, 5.74) is 8.27. The van der Waals surface area contributed by atoms with E-state index < -0.39 is 35.7 Å². The number of carbonyl (C=O) groups is 1. The molecule has 0 saturated heterocycles. The van der Waals surface area contributed by atoms with Gasteiger partial charge >= 0.3 is 5.97 Å². The number of rotatable bonds is 9. The SMILES string of the molecule is COCc1cc(F)ccc1C(c1ccc(F)cc1COC)[C@H](C)OC(=O)[C@H](C)N. The van der Waals surface area contributed by atoms with Gasteiger partial charge in [0.05, 0.1) is 13.2 Å². The van der Waals surface area contributed by atoms with Crippen LogP contribution in [0.4, 0.5) is 8.78 Å². The predicted octanol–water partition coefficient (Wildman–Crippen LogP) is 3.67. The van der Waals surface area contributed by atoms with Gasteiger partial charge in [-0.25, -0.2) is 8.78 Å². The van der Waals surface area contributed by atoms with Crippen LogP contribution in [-0.4, -0.2) is 32.3 Å². The van der Waals surface area contributed by atoms with Crippen LogP contribution in [0.15, 0.2) is 36.4 Å². The number of hydrogen-bond donors (Lipinski definition) is 1. The standard InChI is InChI=1S/C22H27F2NO4/c1-13(25)22(26)29-14(2)21(19-7-5-17(23)9-15(19)11-27-3)20-8-6-18(24)10-16(20)12-28-4/h5-10,13-14,21H,11-12,25H2,1-4H3/t13-,14-/m0/s1. The van der Waals surface area contributed by atoms with Gasteiger partial charge < -0.3 is 19.9 Å². The quantitative estimate of drug-likeness (QED) is 0.643. The van der Waals surface area contributed by atoms with Crippen molar-refractivity contribution in [2.75, 3.05) is 14.2 Å². The molecule has 0 fully saturated rings. The highest BCUT2D eigenvalue weighted by atomic mass is 19.1. The van der Waals surface area contributed by atoms with E-state index in [9.17, 15) is 13.6 Å². The molecule has 2 atom stereocenters. The molecule has 0 aliphatic rings. The summed E-state index contributed by atoms with van der Waals surface area (Å²) in [5, 5.41) is 0. The molecular formula is C22H27F2NO4. The zero-order valence-corrected chi connectivity index (χ0v) is 17.1. The summed E-state index contributed by atoms with van der Waals surface area (Å²) in [6.07, 6.45) is -0.657. The topological polar surface area (TPSA) is 70.8 Å². The van der Waals surface area contributed by atoms with Gasteiger partial charge in [-0.05, 0) is 60.4 Å². The molecule has 0 aliphatic heterocycles. The van der Waals surface area contributed by atoms with E-state index in [1.54, 1.807) is 19.1 Å². The normalized spacial score (nSPS) is 13.4. The summed E-state index contributed by atoms with van der Waals surface area (Å²) in [6.45, 7) is 3.59. The highest BCUT2D eigenvalue weighted by molar-refractivity contribution is 5.75. The van der Waals surface area contributed by atoms with Crippen LogP contribution in [-0.2, 0) is 32.2 Å².